The Morgan fingerprint density at radius 2 is 1.56 bits per heavy atom. The zero-order valence-electron chi connectivity index (χ0n) is 19.1. The summed E-state index contributed by atoms with van der Waals surface area (Å²) < 4.78 is 0. The smallest absolute Gasteiger partial charge is 0.0355 e. The molecule has 0 aromatic rings. The first-order chi connectivity index (χ1) is 13.2. The van der Waals surface area contributed by atoms with Gasteiger partial charge in [0.1, 0.15) is 0 Å². The van der Waals surface area contributed by atoms with E-state index in [1.807, 2.05) is 0 Å². The van der Waals surface area contributed by atoms with Crippen molar-refractivity contribution in [2.45, 2.75) is 130 Å². The van der Waals surface area contributed by atoms with E-state index in [-0.39, 0.29) is 0 Å². The van der Waals surface area contributed by atoms with Crippen molar-refractivity contribution < 1.29 is 0 Å². The lowest BCUT2D eigenvalue weighted by Crippen LogP contribution is -2.22. The molecule has 27 heavy (non-hydrogen) atoms. The molecule has 3 aliphatic carbocycles. The van der Waals surface area contributed by atoms with E-state index in [4.69, 9.17) is 0 Å². The molecule has 0 aromatic heterocycles. The highest BCUT2D eigenvalue weighted by molar-refractivity contribution is 4.91. The van der Waals surface area contributed by atoms with Gasteiger partial charge in [-0.25, -0.2) is 0 Å². The van der Waals surface area contributed by atoms with Crippen molar-refractivity contribution in [2.24, 2.45) is 41.4 Å². The summed E-state index contributed by atoms with van der Waals surface area (Å²) in [5, 5.41) is 0. The minimum absolute atomic E-state index is 1.02. The van der Waals surface area contributed by atoms with Gasteiger partial charge in [-0.05, 0) is 80.0 Å². The second-order valence-corrected chi connectivity index (χ2v) is 11.1. The number of hydrogen-bond donors (Lipinski definition) is 0. The molecule has 3 fully saturated rings. The van der Waals surface area contributed by atoms with Crippen LogP contribution in [-0.4, -0.2) is 0 Å². The Hall–Kier alpha value is 0. The van der Waals surface area contributed by atoms with E-state index >= 15 is 0 Å². The van der Waals surface area contributed by atoms with Crippen LogP contribution in [0.2, 0.25) is 0 Å². The van der Waals surface area contributed by atoms with Gasteiger partial charge in [0.05, 0.1) is 0 Å². The Labute approximate surface area is 171 Å². The van der Waals surface area contributed by atoms with Crippen molar-refractivity contribution in [2.75, 3.05) is 0 Å². The van der Waals surface area contributed by atoms with Gasteiger partial charge in [0, 0.05) is 0 Å². The van der Waals surface area contributed by atoms with Gasteiger partial charge in [0.25, 0.3) is 0 Å². The molecule has 3 rings (SSSR count). The number of unbranched alkanes of at least 4 members (excludes halogenated alkanes) is 2. The lowest BCUT2D eigenvalue weighted by Gasteiger charge is -2.31. The largest absolute Gasteiger partial charge is 0.0654 e. The summed E-state index contributed by atoms with van der Waals surface area (Å²) in [4.78, 5) is 0. The van der Waals surface area contributed by atoms with Gasteiger partial charge in [0.15, 0.2) is 0 Å². The highest BCUT2D eigenvalue weighted by atomic mass is 14.5. The van der Waals surface area contributed by atoms with Crippen LogP contribution < -0.4 is 0 Å². The molecule has 3 aliphatic rings. The van der Waals surface area contributed by atoms with Crippen LogP contribution in [0.15, 0.2) is 0 Å². The van der Waals surface area contributed by atoms with Crippen LogP contribution in [0, 0.1) is 41.4 Å². The molecule has 0 saturated heterocycles. The van der Waals surface area contributed by atoms with Crippen molar-refractivity contribution in [1.29, 1.82) is 0 Å². The van der Waals surface area contributed by atoms with Crippen molar-refractivity contribution >= 4 is 0 Å². The van der Waals surface area contributed by atoms with Crippen molar-refractivity contribution in [3.63, 3.8) is 0 Å². The molecular weight excluding hydrogens is 324 g/mol. The summed E-state index contributed by atoms with van der Waals surface area (Å²) in [6, 6.07) is 0. The zero-order valence-corrected chi connectivity index (χ0v) is 19.1. The first kappa shape index (κ1) is 21.7. The molecule has 158 valence electrons. The molecular formula is C27H50. The second-order valence-electron chi connectivity index (χ2n) is 11.1. The minimum Gasteiger partial charge on any atom is -0.0654 e. The maximum atomic E-state index is 2.51. The highest BCUT2D eigenvalue weighted by Crippen LogP contribution is 2.51. The predicted molar refractivity (Wildman–Crippen MR) is 120 cm³/mol. The van der Waals surface area contributed by atoms with Crippen molar-refractivity contribution in [3.8, 4) is 0 Å². The molecule has 0 aliphatic heterocycles. The molecule has 3 saturated carbocycles. The zero-order chi connectivity index (χ0) is 19.1. The predicted octanol–water partition coefficient (Wildman–Crippen LogP) is 9.03. The fourth-order valence-electron chi connectivity index (χ4n) is 7.55. The third kappa shape index (κ3) is 6.24. The molecule has 0 aromatic carbocycles. The van der Waals surface area contributed by atoms with E-state index in [0.717, 1.165) is 41.4 Å². The molecule has 0 heteroatoms. The van der Waals surface area contributed by atoms with Crippen molar-refractivity contribution in [1.82, 2.24) is 0 Å². The third-order valence-corrected chi connectivity index (χ3v) is 9.16. The van der Waals surface area contributed by atoms with E-state index in [9.17, 15) is 0 Å². The molecule has 0 spiro atoms. The van der Waals surface area contributed by atoms with Gasteiger partial charge < -0.3 is 0 Å². The fraction of sp³-hybridized carbons (Fsp3) is 1.00. The molecule has 0 radical (unpaired) electrons. The standard InChI is InChI=1S/C27H50/c1-4-6-7-14-26-24(17-18-27(26)25-16-15-21(3)19-25)13-9-12-23-11-8-10-22(5-2)20-23/h21-27H,4-20H2,1-3H3. The monoisotopic (exact) mass is 374 g/mol. The van der Waals surface area contributed by atoms with Gasteiger partial charge in [-0.2, -0.15) is 0 Å². The SMILES string of the molecule is CCCCCC1C(CCCC2CCCC(CC)C2)CCC1C1CCC(C)C1. The third-order valence-electron chi connectivity index (χ3n) is 9.16. The topological polar surface area (TPSA) is 0 Å². The van der Waals surface area contributed by atoms with Crippen LogP contribution in [0.25, 0.3) is 0 Å². The lowest BCUT2D eigenvalue weighted by atomic mass is 9.75. The molecule has 0 N–H and O–H groups in total. The number of hydrogen-bond acceptors (Lipinski definition) is 0. The van der Waals surface area contributed by atoms with E-state index < -0.39 is 0 Å². The van der Waals surface area contributed by atoms with Crippen molar-refractivity contribution in [3.05, 3.63) is 0 Å². The van der Waals surface area contributed by atoms with E-state index in [0.29, 0.717) is 0 Å². The van der Waals surface area contributed by atoms with Crippen LogP contribution in [0.3, 0.4) is 0 Å². The molecule has 0 bridgehead atoms. The Morgan fingerprint density at radius 1 is 0.704 bits per heavy atom. The molecule has 7 unspecified atom stereocenters. The quantitative estimate of drug-likeness (QED) is 0.334. The number of rotatable bonds is 10. The first-order valence-electron chi connectivity index (χ1n) is 13.2. The van der Waals surface area contributed by atoms with Gasteiger partial charge in [0.2, 0.25) is 0 Å². The summed E-state index contributed by atoms with van der Waals surface area (Å²) in [6.45, 7) is 7.29. The average molecular weight is 375 g/mol. The Kier molecular flexibility index (Phi) is 9.05. The van der Waals surface area contributed by atoms with Gasteiger partial charge in [-0.1, -0.05) is 91.4 Å². The van der Waals surface area contributed by atoms with Crippen LogP contribution in [0.5, 0.6) is 0 Å². The van der Waals surface area contributed by atoms with Crippen LogP contribution in [0.4, 0.5) is 0 Å². The van der Waals surface area contributed by atoms with Gasteiger partial charge in [-0.15, -0.1) is 0 Å². The molecule has 0 amide bonds. The summed E-state index contributed by atoms with van der Waals surface area (Å²) in [5.74, 6) is 7.55. The summed E-state index contributed by atoms with van der Waals surface area (Å²) in [5.41, 5.74) is 0. The lowest BCUT2D eigenvalue weighted by molar-refractivity contribution is 0.194. The summed E-state index contributed by atoms with van der Waals surface area (Å²) in [6.07, 6.45) is 26.0. The van der Waals surface area contributed by atoms with E-state index in [1.54, 1.807) is 64.2 Å². The van der Waals surface area contributed by atoms with Gasteiger partial charge >= 0.3 is 0 Å². The Balaban J connectivity index is 1.47. The molecule has 0 nitrogen and oxygen atoms in total. The van der Waals surface area contributed by atoms with E-state index in [1.165, 1.54) is 44.9 Å². The van der Waals surface area contributed by atoms with E-state index in [2.05, 4.69) is 20.8 Å². The molecule has 0 heterocycles. The fourth-order valence-corrected chi connectivity index (χ4v) is 7.55. The van der Waals surface area contributed by atoms with Crippen LogP contribution >= 0.6 is 0 Å². The maximum absolute atomic E-state index is 2.51. The summed E-state index contributed by atoms with van der Waals surface area (Å²) in [7, 11) is 0. The Bertz CT molecular complexity index is 399. The molecule has 7 atom stereocenters. The second kappa shape index (κ2) is 11.3. The summed E-state index contributed by atoms with van der Waals surface area (Å²) >= 11 is 0. The average Bonchev–Trinajstić information content (AvgIpc) is 3.28. The minimum atomic E-state index is 1.02. The maximum Gasteiger partial charge on any atom is -0.0355 e. The normalized spacial score (nSPS) is 39.9. The van der Waals surface area contributed by atoms with Crippen LogP contribution in [-0.2, 0) is 0 Å². The Morgan fingerprint density at radius 3 is 2.30 bits per heavy atom. The first-order valence-corrected chi connectivity index (χ1v) is 13.2. The van der Waals surface area contributed by atoms with Gasteiger partial charge in [-0.3, -0.25) is 0 Å². The highest BCUT2D eigenvalue weighted by Gasteiger charge is 2.41. The van der Waals surface area contributed by atoms with Crippen LogP contribution in [0.1, 0.15) is 130 Å².